The van der Waals surface area contributed by atoms with E-state index in [1.54, 1.807) is 12.1 Å². The Morgan fingerprint density at radius 1 is 1.15 bits per heavy atom. The summed E-state index contributed by atoms with van der Waals surface area (Å²) < 4.78 is 0. The zero-order valence-corrected chi connectivity index (χ0v) is 12.1. The zero-order chi connectivity index (χ0) is 15.1. The van der Waals surface area contributed by atoms with Gasteiger partial charge >= 0.3 is 11.9 Å². The third-order valence-corrected chi connectivity index (χ3v) is 3.40. The van der Waals surface area contributed by atoms with E-state index in [1.807, 2.05) is 17.9 Å². The first kappa shape index (κ1) is 16.3. The summed E-state index contributed by atoms with van der Waals surface area (Å²) in [5, 5.41) is 18.1. The fourth-order valence-corrected chi connectivity index (χ4v) is 2.11. The first-order chi connectivity index (χ1) is 9.41. The molecule has 0 aliphatic carbocycles. The van der Waals surface area contributed by atoms with Crippen molar-refractivity contribution >= 4 is 29.2 Å². The molecule has 110 valence electrons. The van der Waals surface area contributed by atoms with Crippen molar-refractivity contribution in [3.05, 3.63) is 28.8 Å². The second-order valence-corrected chi connectivity index (χ2v) is 4.92. The number of carbonyl (C=O) groups is 2. The molecule has 0 bridgehead atoms. The second kappa shape index (κ2) is 7.75. The maximum Gasteiger partial charge on any atom is 0.305 e. The highest BCUT2D eigenvalue weighted by Gasteiger charge is 2.13. The van der Waals surface area contributed by atoms with Crippen molar-refractivity contribution in [1.29, 1.82) is 0 Å². The van der Waals surface area contributed by atoms with Crippen molar-refractivity contribution < 1.29 is 19.8 Å². The quantitative estimate of drug-likeness (QED) is 0.772. The van der Waals surface area contributed by atoms with Crippen LogP contribution in [0.4, 0.5) is 5.69 Å². The highest BCUT2D eigenvalue weighted by Crippen LogP contribution is 2.27. The number of hydrogen-bond acceptors (Lipinski definition) is 3. The van der Waals surface area contributed by atoms with E-state index >= 15 is 0 Å². The minimum atomic E-state index is -0.882. The molecule has 0 atom stereocenters. The SMILES string of the molecule is Cc1c(Cl)cccc1N(CCCC(=O)O)CCC(=O)O. The van der Waals surface area contributed by atoms with Crippen LogP contribution in [0.15, 0.2) is 18.2 Å². The molecule has 0 radical (unpaired) electrons. The van der Waals surface area contributed by atoms with Crippen LogP contribution < -0.4 is 4.90 Å². The van der Waals surface area contributed by atoms with Gasteiger partial charge in [-0.3, -0.25) is 9.59 Å². The molecular formula is C14H18ClNO4. The summed E-state index contributed by atoms with van der Waals surface area (Å²) in [4.78, 5) is 23.2. The standard InChI is InChI=1S/C14H18ClNO4/c1-10-11(15)4-2-5-12(10)16(9-7-14(19)20)8-3-6-13(17)18/h2,4-5H,3,6-9H2,1H3,(H,17,18)(H,19,20). The lowest BCUT2D eigenvalue weighted by Crippen LogP contribution is -2.28. The third kappa shape index (κ3) is 5.09. The minimum absolute atomic E-state index is 0.000967. The van der Waals surface area contributed by atoms with E-state index in [0.29, 0.717) is 24.5 Å². The summed E-state index contributed by atoms with van der Waals surface area (Å²) in [5.41, 5.74) is 1.72. The Labute approximate surface area is 122 Å². The first-order valence-electron chi connectivity index (χ1n) is 6.35. The van der Waals surface area contributed by atoms with Gasteiger partial charge in [0, 0.05) is 30.2 Å². The molecule has 5 nitrogen and oxygen atoms in total. The Balaban J connectivity index is 2.82. The number of aliphatic carboxylic acids is 2. The van der Waals surface area contributed by atoms with Gasteiger partial charge in [-0.05, 0) is 31.0 Å². The van der Waals surface area contributed by atoms with Crippen molar-refractivity contribution in [2.45, 2.75) is 26.2 Å². The van der Waals surface area contributed by atoms with E-state index in [1.165, 1.54) is 0 Å². The summed E-state index contributed by atoms with van der Waals surface area (Å²) >= 11 is 6.07. The van der Waals surface area contributed by atoms with E-state index in [4.69, 9.17) is 21.8 Å². The minimum Gasteiger partial charge on any atom is -0.481 e. The Morgan fingerprint density at radius 2 is 1.80 bits per heavy atom. The number of carboxylic acids is 2. The molecule has 0 spiro atoms. The molecule has 0 saturated heterocycles. The van der Waals surface area contributed by atoms with Crippen LogP contribution in [-0.2, 0) is 9.59 Å². The molecule has 0 aliphatic rings. The summed E-state index contributed by atoms with van der Waals surface area (Å²) in [6, 6.07) is 5.44. The van der Waals surface area contributed by atoms with E-state index in [2.05, 4.69) is 0 Å². The van der Waals surface area contributed by atoms with Crippen LogP contribution in [0.1, 0.15) is 24.8 Å². The van der Waals surface area contributed by atoms with E-state index in [-0.39, 0.29) is 12.8 Å². The monoisotopic (exact) mass is 299 g/mol. The summed E-state index contributed by atoms with van der Waals surface area (Å²) in [5.74, 6) is -1.74. The van der Waals surface area contributed by atoms with E-state index < -0.39 is 11.9 Å². The lowest BCUT2D eigenvalue weighted by molar-refractivity contribution is -0.138. The van der Waals surface area contributed by atoms with Gasteiger partial charge in [-0.1, -0.05) is 17.7 Å². The molecule has 0 aliphatic heterocycles. The van der Waals surface area contributed by atoms with Gasteiger partial charge in [0.1, 0.15) is 0 Å². The normalized spacial score (nSPS) is 10.3. The molecular weight excluding hydrogens is 282 g/mol. The average Bonchev–Trinajstić information content (AvgIpc) is 2.36. The molecule has 0 aromatic heterocycles. The number of rotatable bonds is 8. The first-order valence-corrected chi connectivity index (χ1v) is 6.73. The zero-order valence-electron chi connectivity index (χ0n) is 11.3. The summed E-state index contributed by atoms with van der Waals surface area (Å²) in [6.07, 6.45) is 0.517. The van der Waals surface area contributed by atoms with Crippen molar-refractivity contribution in [3.8, 4) is 0 Å². The summed E-state index contributed by atoms with van der Waals surface area (Å²) in [6.45, 7) is 2.68. The third-order valence-electron chi connectivity index (χ3n) is 2.99. The largest absolute Gasteiger partial charge is 0.481 e. The summed E-state index contributed by atoms with van der Waals surface area (Å²) in [7, 11) is 0. The highest BCUT2D eigenvalue weighted by atomic mass is 35.5. The number of anilines is 1. The Hall–Kier alpha value is -1.75. The lowest BCUT2D eigenvalue weighted by Gasteiger charge is -2.26. The molecule has 6 heteroatoms. The van der Waals surface area contributed by atoms with Gasteiger partial charge in [-0.15, -0.1) is 0 Å². The average molecular weight is 300 g/mol. The number of halogens is 1. The van der Waals surface area contributed by atoms with Gasteiger partial charge < -0.3 is 15.1 Å². The molecule has 0 fully saturated rings. The van der Waals surface area contributed by atoms with Crippen LogP contribution in [-0.4, -0.2) is 35.2 Å². The molecule has 0 amide bonds. The molecule has 1 aromatic carbocycles. The molecule has 2 N–H and O–H groups in total. The van der Waals surface area contributed by atoms with Gasteiger partial charge in [0.25, 0.3) is 0 Å². The van der Waals surface area contributed by atoms with Gasteiger partial charge in [-0.2, -0.15) is 0 Å². The molecule has 0 heterocycles. The van der Waals surface area contributed by atoms with Gasteiger partial charge in [0.15, 0.2) is 0 Å². The number of hydrogen-bond donors (Lipinski definition) is 2. The van der Waals surface area contributed by atoms with Crippen LogP contribution in [0.5, 0.6) is 0 Å². The molecule has 1 rings (SSSR count). The Bertz CT molecular complexity index is 490. The number of benzene rings is 1. The predicted octanol–water partition coefficient (Wildman–Crippen LogP) is 2.79. The Kier molecular flexibility index (Phi) is 6.31. The fourth-order valence-electron chi connectivity index (χ4n) is 1.94. The van der Waals surface area contributed by atoms with Crippen molar-refractivity contribution in [3.63, 3.8) is 0 Å². The molecule has 0 saturated carbocycles. The lowest BCUT2D eigenvalue weighted by atomic mass is 10.1. The smallest absolute Gasteiger partial charge is 0.305 e. The van der Waals surface area contributed by atoms with Crippen LogP contribution in [0.25, 0.3) is 0 Å². The van der Waals surface area contributed by atoms with Crippen molar-refractivity contribution in [2.75, 3.05) is 18.0 Å². The van der Waals surface area contributed by atoms with Crippen molar-refractivity contribution in [1.82, 2.24) is 0 Å². The predicted molar refractivity (Wildman–Crippen MR) is 77.5 cm³/mol. The number of nitrogens with zero attached hydrogens (tertiary/aromatic N) is 1. The maximum absolute atomic E-state index is 10.7. The van der Waals surface area contributed by atoms with Crippen LogP contribution in [0.2, 0.25) is 5.02 Å². The molecule has 1 aromatic rings. The number of carboxylic acid groups (broad SMARTS) is 2. The highest BCUT2D eigenvalue weighted by molar-refractivity contribution is 6.31. The second-order valence-electron chi connectivity index (χ2n) is 4.51. The van der Waals surface area contributed by atoms with E-state index in [9.17, 15) is 9.59 Å². The van der Waals surface area contributed by atoms with Gasteiger partial charge in [0.05, 0.1) is 6.42 Å². The Morgan fingerprint density at radius 3 is 2.40 bits per heavy atom. The van der Waals surface area contributed by atoms with Crippen molar-refractivity contribution in [2.24, 2.45) is 0 Å². The van der Waals surface area contributed by atoms with Gasteiger partial charge in [0.2, 0.25) is 0 Å². The van der Waals surface area contributed by atoms with Crippen LogP contribution >= 0.6 is 11.6 Å². The van der Waals surface area contributed by atoms with Crippen LogP contribution in [0.3, 0.4) is 0 Å². The van der Waals surface area contributed by atoms with E-state index in [0.717, 1.165) is 11.3 Å². The molecule has 20 heavy (non-hydrogen) atoms. The molecule has 0 unspecified atom stereocenters. The fraction of sp³-hybridized carbons (Fsp3) is 0.429. The van der Waals surface area contributed by atoms with Crippen LogP contribution in [0, 0.1) is 6.92 Å². The maximum atomic E-state index is 10.7. The topological polar surface area (TPSA) is 77.8 Å². The van der Waals surface area contributed by atoms with Gasteiger partial charge in [-0.25, -0.2) is 0 Å².